The normalized spacial score (nSPS) is 15.0. The molecule has 0 bridgehead atoms. The number of fused-ring (bicyclic) bond motifs is 3. The molecule has 35 heavy (non-hydrogen) atoms. The highest BCUT2D eigenvalue weighted by Crippen LogP contribution is 2.40. The van der Waals surface area contributed by atoms with Crippen LogP contribution < -0.4 is 19.5 Å². The molecule has 0 saturated heterocycles. The number of aryl methyl sites for hydroxylation is 1. The number of benzene rings is 3. The largest absolute Gasteiger partial charge is 0.497 e. The molecule has 1 aliphatic rings. The van der Waals surface area contributed by atoms with Gasteiger partial charge in [-0.25, -0.2) is 4.79 Å². The molecule has 0 saturated carbocycles. The van der Waals surface area contributed by atoms with E-state index in [2.05, 4.69) is 47.6 Å². The lowest BCUT2D eigenvalue weighted by Crippen LogP contribution is -2.43. The molecule has 7 nitrogen and oxygen atoms in total. The monoisotopic (exact) mass is 471 g/mol. The van der Waals surface area contributed by atoms with Crippen molar-refractivity contribution in [2.45, 2.75) is 19.4 Å². The number of nitrogens with zero attached hydrogens (tertiary/aromatic N) is 1. The first kappa shape index (κ1) is 22.7. The molecule has 2 amide bonds. The van der Waals surface area contributed by atoms with Gasteiger partial charge in [0.05, 0.1) is 33.1 Å². The van der Waals surface area contributed by atoms with Gasteiger partial charge < -0.3 is 29.4 Å². The molecule has 0 unspecified atom stereocenters. The zero-order valence-corrected chi connectivity index (χ0v) is 20.3. The molecule has 180 valence electrons. The fourth-order valence-electron chi connectivity index (χ4n) is 4.81. The molecule has 3 aromatic carbocycles. The van der Waals surface area contributed by atoms with E-state index >= 15 is 0 Å². The second kappa shape index (κ2) is 9.25. The maximum Gasteiger partial charge on any atom is 0.322 e. The number of hydrogen-bond acceptors (Lipinski definition) is 4. The number of ether oxygens (including phenoxy) is 3. The van der Waals surface area contributed by atoms with E-state index in [1.807, 2.05) is 17.0 Å². The number of nitrogens with one attached hydrogen (secondary N) is 2. The molecular weight excluding hydrogens is 442 g/mol. The third-order valence-corrected chi connectivity index (χ3v) is 6.64. The molecule has 0 fully saturated rings. The Labute approximate surface area is 204 Å². The van der Waals surface area contributed by atoms with E-state index in [1.165, 1.54) is 11.1 Å². The number of hydrogen-bond donors (Lipinski definition) is 2. The van der Waals surface area contributed by atoms with E-state index in [0.29, 0.717) is 23.7 Å². The highest BCUT2D eigenvalue weighted by atomic mass is 16.5. The maximum atomic E-state index is 13.7. The van der Waals surface area contributed by atoms with Crippen molar-refractivity contribution in [1.29, 1.82) is 0 Å². The first-order chi connectivity index (χ1) is 17.0. The fourth-order valence-corrected chi connectivity index (χ4v) is 4.81. The summed E-state index contributed by atoms with van der Waals surface area (Å²) in [4.78, 5) is 19.2. The molecule has 1 aromatic heterocycles. The van der Waals surface area contributed by atoms with E-state index in [-0.39, 0.29) is 12.1 Å². The number of amides is 2. The van der Waals surface area contributed by atoms with Gasteiger partial charge in [-0.1, -0.05) is 29.8 Å². The first-order valence-electron chi connectivity index (χ1n) is 11.6. The topological polar surface area (TPSA) is 75.8 Å². The Kier molecular flexibility index (Phi) is 5.99. The summed E-state index contributed by atoms with van der Waals surface area (Å²) in [5, 5.41) is 4.18. The van der Waals surface area contributed by atoms with Crippen molar-refractivity contribution in [3.8, 4) is 17.2 Å². The fraction of sp³-hybridized carbons (Fsp3) is 0.250. The average Bonchev–Trinajstić information content (AvgIpc) is 3.26. The number of anilines is 1. The van der Waals surface area contributed by atoms with Crippen LogP contribution in [0.5, 0.6) is 17.2 Å². The summed E-state index contributed by atoms with van der Waals surface area (Å²) in [6.07, 6.45) is 0.730. The summed E-state index contributed by atoms with van der Waals surface area (Å²) >= 11 is 0. The smallest absolute Gasteiger partial charge is 0.322 e. The van der Waals surface area contributed by atoms with Crippen LogP contribution in [0.1, 0.15) is 28.4 Å². The van der Waals surface area contributed by atoms with Gasteiger partial charge in [-0.05, 0) is 54.8 Å². The van der Waals surface area contributed by atoms with Crippen LogP contribution in [0, 0.1) is 6.92 Å². The van der Waals surface area contributed by atoms with Gasteiger partial charge in [0, 0.05) is 29.2 Å². The Hall–Kier alpha value is -4.13. The summed E-state index contributed by atoms with van der Waals surface area (Å²) in [7, 11) is 4.85. The summed E-state index contributed by atoms with van der Waals surface area (Å²) in [5.41, 5.74) is 6.05. The van der Waals surface area contributed by atoms with E-state index < -0.39 is 0 Å². The maximum absolute atomic E-state index is 13.7. The van der Waals surface area contributed by atoms with Gasteiger partial charge in [0.25, 0.3) is 0 Å². The van der Waals surface area contributed by atoms with Crippen LogP contribution in [0.15, 0.2) is 60.7 Å². The second-order valence-electron chi connectivity index (χ2n) is 8.68. The molecule has 4 aromatic rings. The molecule has 1 aliphatic heterocycles. The number of aromatic nitrogens is 1. The van der Waals surface area contributed by atoms with Crippen molar-refractivity contribution >= 4 is 22.6 Å². The minimum absolute atomic E-state index is 0.205. The van der Waals surface area contributed by atoms with Crippen LogP contribution in [-0.4, -0.2) is 43.8 Å². The van der Waals surface area contributed by atoms with Gasteiger partial charge in [0.1, 0.15) is 17.2 Å². The molecule has 7 heteroatoms. The predicted molar refractivity (Wildman–Crippen MR) is 137 cm³/mol. The van der Waals surface area contributed by atoms with Crippen molar-refractivity contribution in [1.82, 2.24) is 9.88 Å². The molecule has 2 heterocycles. The van der Waals surface area contributed by atoms with Crippen molar-refractivity contribution in [3.05, 3.63) is 83.0 Å². The Bertz CT molecular complexity index is 1380. The minimum atomic E-state index is -0.269. The van der Waals surface area contributed by atoms with Gasteiger partial charge in [0.2, 0.25) is 0 Å². The lowest BCUT2D eigenvalue weighted by molar-refractivity contribution is 0.193. The SMILES string of the molecule is COc1ccc(OC)c(NC(=O)N2CCc3c([nH]c4ccc(OC)cc34)[C@H]2c2ccc(C)cc2)c1. The molecular formula is C28H29N3O4. The lowest BCUT2D eigenvalue weighted by atomic mass is 9.92. The Morgan fingerprint density at radius 2 is 1.66 bits per heavy atom. The van der Waals surface area contributed by atoms with Crippen molar-refractivity contribution in [3.63, 3.8) is 0 Å². The first-order valence-corrected chi connectivity index (χ1v) is 11.6. The molecule has 1 atom stereocenters. The summed E-state index contributed by atoms with van der Waals surface area (Å²) in [6.45, 7) is 2.62. The molecule has 0 radical (unpaired) electrons. The van der Waals surface area contributed by atoms with Crippen LogP contribution in [0.2, 0.25) is 0 Å². The predicted octanol–water partition coefficient (Wildman–Crippen LogP) is 5.68. The van der Waals surface area contributed by atoms with Crippen molar-refractivity contribution in [2.75, 3.05) is 33.2 Å². The standard InChI is InChI=1S/C28H29N3O4/c1-17-5-7-18(8-6-17)27-26-21(22-15-19(33-2)9-11-23(22)29-26)13-14-31(27)28(32)30-24-16-20(34-3)10-12-25(24)35-4/h5-12,15-16,27,29H,13-14H2,1-4H3,(H,30,32)/t27-/m1/s1. The van der Waals surface area contributed by atoms with E-state index in [4.69, 9.17) is 14.2 Å². The lowest BCUT2D eigenvalue weighted by Gasteiger charge is -2.36. The van der Waals surface area contributed by atoms with Gasteiger partial charge in [-0.3, -0.25) is 0 Å². The van der Waals surface area contributed by atoms with Crippen molar-refractivity contribution < 1.29 is 19.0 Å². The van der Waals surface area contributed by atoms with E-state index in [1.54, 1.807) is 39.5 Å². The third-order valence-electron chi connectivity index (χ3n) is 6.64. The molecule has 0 aliphatic carbocycles. The molecule has 0 spiro atoms. The number of urea groups is 1. The Morgan fingerprint density at radius 3 is 2.37 bits per heavy atom. The van der Waals surface area contributed by atoms with Gasteiger partial charge in [0.15, 0.2) is 0 Å². The van der Waals surface area contributed by atoms with Crippen molar-refractivity contribution in [2.24, 2.45) is 0 Å². The second-order valence-corrected chi connectivity index (χ2v) is 8.68. The summed E-state index contributed by atoms with van der Waals surface area (Å²) in [5.74, 6) is 2.03. The molecule has 5 rings (SSSR count). The highest BCUT2D eigenvalue weighted by Gasteiger charge is 2.35. The summed E-state index contributed by atoms with van der Waals surface area (Å²) < 4.78 is 16.3. The quantitative estimate of drug-likeness (QED) is 0.393. The van der Waals surface area contributed by atoms with Gasteiger partial charge in [-0.15, -0.1) is 0 Å². The van der Waals surface area contributed by atoms with Gasteiger partial charge in [-0.2, -0.15) is 0 Å². The zero-order valence-electron chi connectivity index (χ0n) is 20.3. The number of carbonyl (C=O) groups is 1. The van der Waals surface area contributed by atoms with Gasteiger partial charge >= 0.3 is 6.03 Å². The van der Waals surface area contributed by atoms with Crippen LogP contribution >= 0.6 is 0 Å². The van der Waals surface area contributed by atoms with E-state index in [9.17, 15) is 4.79 Å². The highest BCUT2D eigenvalue weighted by molar-refractivity contribution is 5.93. The van der Waals surface area contributed by atoms with Crippen LogP contribution in [0.25, 0.3) is 10.9 Å². The number of rotatable bonds is 5. The average molecular weight is 472 g/mol. The van der Waals surface area contributed by atoms with Crippen LogP contribution in [-0.2, 0) is 6.42 Å². The number of aromatic amines is 1. The summed E-state index contributed by atoms with van der Waals surface area (Å²) in [6, 6.07) is 19.3. The van der Waals surface area contributed by atoms with E-state index in [0.717, 1.165) is 34.3 Å². The number of H-pyrrole nitrogens is 1. The zero-order chi connectivity index (χ0) is 24.5. The number of carbonyl (C=O) groups excluding carboxylic acids is 1. The van der Waals surface area contributed by atoms with Crippen LogP contribution in [0.3, 0.4) is 0 Å². The molecule has 2 N–H and O–H groups in total. The Morgan fingerprint density at radius 1 is 0.943 bits per heavy atom. The minimum Gasteiger partial charge on any atom is -0.497 e. The third kappa shape index (κ3) is 4.14. The van der Waals surface area contributed by atoms with Crippen LogP contribution in [0.4, 0.5) is 10.5 Å². The Balaban J connectivity index is 1.57. The number of methoxy groups -OCH3 is 3.